The molecule has 2 atom stereocenters. The van der Waals surface area contributed by atoms with Gasteiger partial charge in [0.1, 0.15) is 5.67 Å². The fourth-order valence-corrected chi connectivity index (χ4v) is 3.28. The second kappa shape index (κ2) is 4.70. The predicted octanol–water partition coefficient (Wildman–Crippen LogP) is 1.63. The van der Waals surface area contributed by atoms with Crippen LogP contribution in [-0.4, -0.2) is 43.7 Å². The van der Waals surface area contributed by atoms with Crippen molar-refractivity contribution in [2.45, 2.75) is 56.5 Å². The van der Waals surface area contributed by atoms with E-state index in [1.54, 1.807) is 11.4 Å². The van der Waals surface area contributed by atoms with Gasteiger partial charge in [-0.1, -0.05) is 0 Å². The summed E-state index contributed by atoms with van der Waals surface area (Å²) in [6, 6.07) is -0.433. The van der Waals surface area contributed by atoms with Gasteiger partial charge in [-0.15, -0.1) is 0 Å². The monoisotopic (exact) mass is 251 g/mol. The first-order valence-electron chi connectivity index (χ1n) is 5.67. The fraction of sp³-hybridized carbons (Fsp3) is 1.00. The van der Waals surface area contributed by atoms with Gasteiger partial charge in [0.05, 0.1) is 21.8 Å². The maximum atomic E-state index is 14.1. The minimum atomic E-state index is -1.24. The van der Waals surface area contributed by atoms with Gasteiger partial charge in [0, 0.05) is 13.7 Å². The maximum absolute atomic E-state index is 14.1. The van der Waals surface area contributed by atoms with Crippen molar-refractivity contribution in [2.24, 2.45) is 0 Å². The Kier molecular flexibility index (Phi) is 4.13. The molecule has 1 fully saturated rings. The van der Waals surface area contributed by atoms with Gasteiger partial charge in [-0.25, -0.2) is 12.9 Å². The van der Waals surface area contributed by atoms with Gasteiger partial charge in [-0.3, -0.25) is 0 Å². The average Bonchev–Trinajstić information content (AvgIpc) is 2.90. The molecule has 1 saturated carbocycles. The number of aliphatic hydroxyl groups is 1. The lowest BCUT2D eigenvalue weighted by atomic mass is 10.1. The van der Waals surface area contributed by atoms with Crippen LogP contribution in [-0.2, 0) is 11.0 Å². The van der Waals surface area contributed by atoms with Crippen LogP contribution in [0.2, 0.25) is 0 Å². The van der Waals surface area contributed by atoms with E-state index in [9.17, 15) is 8.60 Å². The molecule has 96 valence electrons. The molecule has 1 aliphatic carbocycles. The van der Waals surface area contributed by atoms with E-state index in [0.29, 0.717) is 19.3 Å². The third kappa shape index (κ3) is 3.02. The summed E-state index contributed by atoms with van der Waals surface area (Å²) in [6.07, 6.45) is 1.38. The highest BCUT2D eigenvalue weighted by Crippen LogP contribution is 2.46. The van der Waals surface area contributed by atoms with Crippen LogP contribution in [0.25, 0.3) is 0 Å². The zero-order valence-electron chi connectivity index (χ0n) is 10.5. The molecular formula is C11H22FNO2S. The van der Waals surface area contributed by atoms with Crippen LogP contribution in [0.3, 0.4) is 0 Å². The highest BCUT2D eigenvalue weighted by atomic mass is 32.2. The van der Waals surface area contributed by atoms with E-state index >= 15 is 0 Å². The summed E-state index contributed by atoms with van der Waals surface area (Å²) in [5.41, 5.74) is -1.24. The molecule has 16 heavy (non-hydrogen) atoms. The van der Waals surface area contributed by atoms with Gasteiger partial charge < -0.3 is 5.11 Å². The molecule has 1 N–H and O–H groups in total. The van der Waals surface area contributed by atoms with Crippen LogP contribution in [0.15, 0.2) is 0 Å². The summed E-state index contributed by atoms with van der Waals surface area (Å²) < 4.78 is 27.4. The molecule has 1 aliphatic rings. The van der Waals surface area contributed by atoms with E-state index in [0.717, 1.165) is 0 Å². The van der Waals surface area contributed by atoms with Crippen LogP contribution >= 0.6 is 0 Å². The molecule has 5 heteroatoms. The van der Waals surface area contributed by atoms with E-state index in [4.69, 9.17) is 5.11 Å². The quantitative estimate of drug-likeness (QED) is 0.807. The van der Waals surface area contributed by atoms with Crippen LogP contribution in [0.1, 0.15) is 40.0 Å². The molecule has 0 aromatic heterocycles. The van der Waals surface area contributed by atoms with Crippen LogP contribution in [0.5, 0.6) is 0 Å². The van der Waals surface area contributed by atoms with Crippen molar-refractivity contribution in [1.82, 2.24) is 4.31 Å². The van der Waals surface area contributed by atoms with Crippen molar-refractivity contribution in [1.29, 1.82) is 0 Å². The number of hydrogen-bond donors (Lipinski definition) is 1. The van der Waals surface area contributed by atoms with Crippen molar-refractivity contribution < 1.29 is 13.7 Å². The van der Waals surface area contributed by atoms with Crippen LogP contribution in [0, 0.1) is 0 Å². The molecule has 0 amide bonds. The van der Waals surface area contributed by atoms with Crippen molar-refractivity contribution in [3.8, 4) is 0 Å². The molecular weight excluding hydrogens is 229 g/mol. The molecule has 0 radical (unpaired) electrons. The zero-order chi connectivity index (χ0) is 12.6. The number of aliphatic hydroxyl groups excluding tert-OH is 1. The molecule has 0 bridgehead atoms. The van der Waals surface area contributed by atoms with Gasteiger partial charge in [-0.2, -0.15) is 0 Å². The lowest BCUT2D eigenvalue weighted by molar-refractivity contribution is 0.142. The average molecular weight is 251 g/mol. The smallest absolute Gasteiger partial charge is 0.127 e. The topological polar surface area (TPSA) is 40.5 Å². The lowest BCUT2D eigenvalue weighted by Crippen LogP contribution is -2.47. The Morgan fingerprint density at radius 1 is 1.50 bits per heavy atom. The molecule has 0 heterocycles. The Labute approximate surface area is 99.6 Å². The van der Waals surface area contributed by atoms with Gasteiger partial charge in [-0.05, 0) is 40.0 Å². The Morgan fingerprint density at radius 2 is 2.00 bits per heavy atom. The van der Waals surface area contributed by atoms with Crippen molar-refractivity contribution in [3.63, 3.8) is 0 Å². The maximum Gasteiger partial charge on any atom is 0.127 e. The molecule has 0 saturated heterocycles. The fourth-order valence-electron chi connectivity index (χ4n) is 1.89. The van der Waals surface area contributed by atoms with Crippen LogP contribution in [0.4, 0.5) is 4.39 Å². The second-order valence-electron chi connectivity index (χ2n) is 5.47. The molecule has 3 nitrogen and oxygen atoms in total. The minimum Gasteiger partial charge on any atom is -0.396 e. The minimum absolute atomic E-state index is 0.0674. The van der Waals surface area contributed by atoms with E-state index < -0.39 is 27.4 Å². The summed E-state index contributed by atoms with van der Waals surface area (Å²) in [7, 11) is 0.444. The first kappa shape index (κ1) is 14.1. The zero-order valence-corrected chi connectivity index (χ0v) is 11.3. The van der Waals surface area contributed by atoms with E-state index in [1.165, 1.54) is 0 Å². The van der Waals surface area contributed by atoms with Gasteiger partial charge in [0.25, 0.3) is 0 Å². The Hall–Kier alpha value is -0.0000000000000000555. The molecule has 0 aromatic rings. The van der Waals surface area contributed by atoms with E-state index in [1.807, 2.05) is 20.8 Å². The Bertz CT molecular complexity index is 274. The van der Waals surface area contributed by atoms with Gasteiger partial charge in [0.2, 0.25) is 0 Å². The third-order valence-corrected chi connectivity index (χ3v) is 4.78. The summed E-state index contributed by atoms with van der Waals surface area (Å²) in [4.78, 5) is 0. The number of nitrogens with zero attached hydrogens (tertiary/aromatic N) is 1. The standard InChI is InChI=1S/C11H22FNO2S/c1-10(2,3)16(15)13(4)9(5-8-14)11(12)6-7-11/h9,14H,5-8H2,1-4H3/t9-,16+/m0/s1. The SMILES string of the molecule is CN([C@@H](CCO)C1(F)CC1)[S@](=O)C(C)(C)C. The van der Waals surface area contributed by atoms with Crippen LogP contribution < -0.4 is 0 Å². The van der Waals surface area contributed by atoms with Crippen molar-refractivity contribution >= 4 is 11.0 Å². The predicted molar refractivity (Wildman–Crippen MR) is 64.2 cm³/mol. The highest BCUT2D eigenvalue weighted by Gasteiger charge is 2.53. The summed E-state index contributed by atoms with van der Waals surface area (Å²) in [6.45, 7) is 5.54. The summed E-state index contributed by atoms with van der Waals surface area (Å²) in [5.74, 6) is 0. The largest absolute Gasteiger partial charge is 0.396 e. The second-order valence-corrected chi connectivity index (χ2v) is 7.77. The normalized spacial score (nSPS) is 23.2. The summed E-state index contributed by atoms with van der Waals surface area (Å²) in [5, 5.41) is 8.97. The number of hydrogen-bond acceptors (Lipinski definition) is 2. The molecule has 0 spiro atoms. The molecule has 0 unspecified atom stereocenters. The molecule has 1 rings (SSSR count). The summed E-state index contributed by atoms with van der Waals surface area (Å²) >= 11 is 0. The highest BCUT2D eigenvalue weighted by molar-refractivity contribution is 7.84. The molecule has 0 aliphatic heterocycles. The Balaban J connectivity index is 2.75. The first-order valence-corrected chi connectivity index (χ1v) is 6.77. The van der Waals surface area contributed by atoms with Crippen molar-refractivity contribution in [3.05, 3.63) is 0 Å². The number of rotatable bonds is 5. The lowest BCUT2D eigenvalue weighted by Gasteiger charge is -2.33. The van der Waals surface area contributed by atoms with Gasteiger partial charge in [0.15, 0.2) is 0 Å². The van der Waals surface area contributed by atoms with E-state index in [2.05, 4.69) is 0 Å². The van der Waals surface area contributed by atoms with Crippen molar-refractivity contribution in [2.75, 3.05) is 13.7 Å². The Morgan fingerprint density at radius 3 is 2.31 bits per heavy atom. The van der Waals surface area contributed by atoms with Gasteiger partial charge >= 0.3 is 0 Å². The molecule has 0 aromatic carbocycles. The van der Waals surface area contributed by atoms with E-state index in [-0.39, 0.29) is 6.61 Å². The first-order chi connectivity index (χ1) is 7.22. The third-order valence-electron chi connectivity index (χ3n) is 2.95. The number of halogens is 1. The number of alkyl halides is 1.